The highest BCUT2D eigenvalue weighted by molar-refractivity contribution is 6.06. The van der Waals surface area contributed by atoms with Gasteiger partial charge in [0, 0.05) is 33.8 Å². The van der Waals surface area contributed by atoms with Gasteiger partial charge in [0.15, 0.2) is 0 Å². The number of benzene rings is 3. The van der Waals surface area contributed by atoms with Gasteiger partial charge in [-0.2, -0.15) is 0 Å². The molecule has 0 aliphatic heterocycles. The first-order valence-corrected chi connectivity index (χ1v) is 11.9. The van der Waals surface area contributed by atoms with Gasteiger partial charge in [0.2, 0.25) is 5.91 Å². The highest BCUT2D eigenvalue weighted by Crippen LogP contribution is 2.41. The SMILES string of the molecule is CCOc1c(/C(C)=C/C(=O)Nc2ccccc2CC)cc2c(-c3cccc(OC)c3)coc2c1C. The molecule has 0 saturated carbocycles. The van der Waals surface area contributed by atoms with Gasteiger partial charge in [0.25, 0.3) is 0 Å². The minimum Gasteiger partial charge on any atom is -0.497 e. The number of methoxy groups -OCH3 is 1. The highest BCUT2D eigenvalue weighted by Gasteiger charge is 2.19. The third-order valence-electron chi connectivity index (χ3n) is 6.14. The predicted octanol–water partition coefficient (Wildman–Crippen LogP) is 7.42. The molecule has 0 aliphatic rings. The topological polar surface area (TPSA) is 60.7 Å². The van der Waals surface area contributed by atoms with Gasteiger partial charge >= 0.3 is 0 Å². The van der Waals surface area contributed by atoms with E-state index in [9.17, 15) is 4.79 Å². The second kappa shape index (κ2) is 10.5. The van der Waals surface area contributed by atoms with Crippen molar-refractivity contribution in [2.45, 2.75) is 34.1 Å². The fraction of sp³-hybridized carbons (Fsp3) is 0.233. The van der Waals surface area contributed by atoms with Crippen LogP contribution in [0, 0.1) is 6.92 Å². The van der Waals surface area contributed by atoms with Crippen LogP contribution in [0.1, 0.15) is 37.5 Å². The van der Waals surface area contributed by atoms with Crippen LogP contribution in [-0.2, 0) is 11.2 Å². The van der Waals surface area contributed by atoms with E-state index in [0.29, 0.717) is 6.61 Å². The van der Waals surface area contributed by atoms with Crippen LogP contribution >= 0.6 is 0 Å². The monoisotopic (exact) mass is 469 g/mol. The molecule has 0 aliphatic carbocycles. The van der Waals surface area contributed by atoms with Gasteiger partial charge in [0.05, 0.1) is 20.0 Å². The number of hydrogen-bond donors (Lipinski definition) is 1. The van der Waals surface area contributed by atoms with Crippen LogP contribution in [0.15, 0.2) is 71.4 Å². The van der Waals surface area contributed by atoms with Crippen LogP contribution in [-0.4, -0.2) is 19.6 Å². The average Bonchev–Trinajstić information content (AvgIpc) is 3.30. The summed E-state index contributed by atoms with van der Waals surface area (Å²) >= 11 is 0. The van der Waals surface area contributed by atoms with E-state index < -0.39 is 0 Å². The number of furan rings is 1. The molecule has 1 N–H and O–H groups in total. The quantitative estimate of drug-likeness (QED) is 0.273. The van der Waals surface area contributed by atoms with Crippen molar-refractivity contribution < 1.29 is 18.7 Å². The standard InChI is InChI=1S/C30H31NO4/c1-6-21-11-8-9-14-27(21)31-28(32)15-19(3)24-17-25-26(22-12-10-13-23(16-22)33-5)18-35-30(25)20(4)29(24)34-7-2/h8-18H,6-7H2,1-5H3,(H,31,32)/b19-15+. The number of fused-ring (bicyclic) bond motifs is 1. The van der Waals surface area contributed by atoms with Crippen LogP contribution in [0.2, 0.25) is 0 Å². The number of allylic oxidation sites excluding steroid dienone is 1. The Kier molecular flexibility index (Phi) is 7.25. The van der Waals surface area contributed by atoms with Gasteiger partial charge in [-0.25, -0.2) is 0 Å². The van der Waals surface area contributed by atoms with Crippen molar-refractivity contribution in [2.75, 3.05) is 19.0 Å². The van der Waals surface area contributed by atoms with Crippen molar-refractivity contribution >= 4 is 28.1 Å². The predicted molar refractivity (Wildman–Crippen MR) is 142 cm³/mol. The third-order valence-corrected chi connectivity index (χ3v) is 6.14. The molecule has 1 amide bonds. The van der Waals surface area contributed by atoms with E-state index in [4.69, 9.17) is 13.9 Å². The van der Waals surface area contributed by atoms with Crippen LogP contribution in [0.5, 0.6) is 11.5 Å². The number of amides is 1. The molecule has 0 radical (unpaired) electrons. The summed E-state index contributed by atoms with van der Waals surface area (Å²) in [6.45, 7) is 8.44. The van der Waals surface area contributed by atoms with Gasteiger partial charge in [-0.05, 0) is 68.2 Å². The highest BCUT2D eigenvalue weighted by atomic mass is 16.5. The first-order valence-electron chi connectivity index (χ1n) is 11.9. The number of aryl methyl sites for hydroxylation is 2. The average molecular weight is 470 g/mol. The van der Waals surface area contributed by atoms with E-state index in [1.807, 2.05) is 75.4 Å². The molecule has 4 rings (SSSR count). The summed E-state index contributed by atoms with van der Waals surface area (Å²) in [6, 6.07) is 17.8. The largest absolute Gasteiger partial charge is 0.497 e. The van der Waals surface area contributed by atoms with Crippen molar-refractivity contribution in [3.05, 3.63) is 83.6 Å². The fourth-order valence-electron chi connectivity index (χ4n) is 4.35. The third kappa shape index (κ3) is 4.94. The molecule has 0 spiro atoms. The minimum absolute atomic E-state index is 0.177. The molecule has 0 unspecified atom stereocenters. The Morgan fingerprint density at radius 3 is 2.63 bits per heavy atom. The first kappa shape index (κ1) is 24.1. The maximum atomic E-state index is 12.9. The van der Waals surface area contributed by atoms with Gasteiger partial charge in [-0.3, -0.25) is 4.79 Å². The van der Waals surface area contributed by atoms with E-state index >= 15 is 0 Å². The Bertz CT molecular complexity index is 1400. The number of anilines is 1. The number of rotatable bonds is 8. The van der Waals surface area contributed by atoms with Crippen molar-refractivity contribution in [1.82, 2.24) is 0 Å². The molecule has 35 heavy (non-hydrogen) atoms. The van der Waals surface area contributed by atoms with Crippen LogP contribution in [0.4, 0.5) is 5.69 Å². The molecule has 3 aromatic carbocycles. The molecule has 5 heteroatoms. The maximum absolute atomic E-state index is 12.9. The van der Waals surface area contributed by atoms with Crippen molar-refractivity contribution in [2.24, 2.45) is 0 Å². The molecule has 1 heterocycles. The summed E-state index contributed by atoms with van der Waals surface area (Å²) in [5.41, 5.74) is 7.22. The van der Waals surface area contributed by atoms with Gasteiger partial charge in [-0.1, -0.05) is 37.3 Å². The lowest BCUT2D eigenvalue weighted by molar-refractivity contribution is -0.111. The number of para-hydroxylation sites is 1. The molecular weight excluding hydrogens is 438 g/mol. The van der Waals surface area contributed by atoms with Crippen molar-refractivity contribution in [3.63, 3.8) is 0 Å². The summed E-state index contributed by atoms with van der Waals surface area (Å²) in [6.07, 6.45) is 4.23. The Hall–Kier alpha value is -3.99. The van der Waals surface area contributed by atoms with E-state index in [0.717, 1.165) is 68.0 Å². The molecule has 180 valence electrons. The van der Waals surface area contributed by atoms with Gasteiger partial charge < -0.3 is 19.2 Å². The number of carbonyl (C=O) groups excluding carboxylic acids is 1. The van der Waals surface area contributed by atoms with Crippen LogP contribution in [0.3, 0.4) is 0 Å². The van der Waals surface area contributed by atoms with Crippen LogP contribution < -0.4 is 14.8 Å². The van der Waals surface area contributed by atoms with E-state index in [1.165, 1.54) is 0 Å². The second-order valence-electron chi connectivity index (χ2n) is 8.40. The van der Waals surface area contributed by atoms with E-state index in [1.54, 1.807) is 19.4 Å². The van der Waals surface area contributed by atoms with Crippen LogP contribution in [0.25, 0.3) is 27.7 Å². The Morgan fingerprint density at radius 2 is 1.89 bits per heavy atom. The smallest absolute Gasteiger partial charge is 0.248 e. The summed E-state index contributed by atoms with van der Waals surface area (Å²) in [5, 5.41) is 3.98. The zero-order valence-electron chi connectivity index (χ0n) is 20.9. The number of hydrogen-bond acceptors (Lipinski definition) is 4. The summed E-state index contributed by atoms with van der Waals surface area (Å²) < 4.78 is 17.4. The molecule has 0 saturated heterocycles. The van der Waals surface area contributed by atoms with E-state index in [-0.39, 0.29) is 5.91 Å². The minimum atomic E-state index is -0.177. The molecule has 0 fully saturated rings. The first-order chi connectivity index (χ1) is 17.0. The second-order valence-corrected chi connectivity index (χ2v) is 8.40. The zero-order chi connectivity index (χ0) is 24.9. The maximum Gasteiger partial charge on any atom is 0.248 e. The number of ether oxygens (including phenoxy) is 2. The number of nitrogens with one attached hydrogen (secondary N) is 1. The fourth-order valence-corrected chi connectivity index (χ4v) is 4.35. The molecular formula is C30H31NO4. The van der Waals surface area contributed by atoms with Gasteiger partial charge in [-0.15, -0.1) is 0 Å². The molecule has 5 nitrogen and oxygen atoms in total. The lowest BCUT2D eigenvalue weighted by atomic mass is 9.96. The van der Waals surface area contributed by atoms with Crippen molar-refractivity contribution in [3.8, 4) is 22.6 Å². The summed E-state index contributed by atoms with van der Waals surface area (Å²) in [5.74, 6) is 1.32. The molecule has 4 aromatic rings. The Balaban J connectivity index is 1.78. The molecule has 0 bridgehead atoms. The zero-order valence-corrected chi connectivity index (χ0v) is 20.9. The number of carbonyl (C=O) groups is 1. The van der Waals surface area contributed by atoms with E-state index in [2.05, 4.69) is 12.2 Å². The lowest BCUT2D eigenvalue weighted by Crippen LogP contribution is -2.10. The molecule has 0 atom stereocenters. The summed E-state index contributed by atoms with van der Waals surface area (Å²) in [7, 11) is 1.65. The Labute approximate surface area is 206 Å². The lowest BCUT2D eigenvalue weighted by Gasteiger charge is -2.15. The molecule has 1 aromatic heterocycles. The normalized spacial score (nSPS) is 11.5. The summed E-state index contributed by atoms with van der Waals surface area (Å²) in [4.78, 5) is 12.9. The van der Waals surface area contributed by atoms with Crippen molar-refractivity contribution in [1.29, 1.82) is 0 Å². The van der Waals surface area contributed by atoms with Gasteiger partial charge in [0.1, 0.15) is 17.1 Å². The Morgan fingerprint density at radius 1 is 1.09 bits per heavy atom.